The smallest absolute Gasteiger partial charge is 0.143 e. The molecule has 0 aliphatic rings. The molecule has 0 bridgehead atoms. The second-order valence-electron chi connectivity index (χ2n) is 4.84. The van der Waals surface area contributed by atoms with Crippen LogP contribution in [-0.2, 0) is 0 Å². The summed E-state index contributed by atoms with van der Waals surface area (Å²) in [7, 11) is 0. The molecule has 0 saturated carbocycles. The number of benzene rings is 1. The maximum atomic E-state index is 5.87. The fraction of sp³-hybridized carbons (Fsp3) is 0.250. The van der Waals surface area contributed by atoms with E-state index in [1.54, 1.807) is 17.5 Å². The zero-order chi connectivity index (χ0) is 14.7. The second kappa shape index (κ2) is 6.20. The second-order valence-corrected chi connectivity index (χ2v) is 5.87. The van der Waals surface area contributed by atoms with Crippen molar-refractivity contribution in [3.05, 3.63) is 42.6 Å². The van der Waals surface area contributed by atoms with E-state index < -0.39 is 0 Å². The lowest BCUT2D eigenvalue weighted by atomic mass is 10.2. The van der Waals surface area contributed by atoms with Crippen LogP contribution in [0.25, 0.3) is 20.9 Å². The third-order valence-corrected chi connectivity index (χ3v) is 4.27. The Hall–Kier alpha value is -1.98. The molecule has 3 rings (SSSR count). The lowest BCUT2D eigenvalue weighted by molar-refractivity contribution is 0.286. The Bertz CT molecular complexity index is 727. The van der Waals surface area contributed by atoms with E-state index in [1.165, 1.54) is 0 Å². The van der Waals surface area contributed by atoms with Crippen LogP contribution < -0.4 is 10.5 Å². The molecule has 0 fully saturated rings. The van der Waals surface area contributed by atoms with Gasteiger partial charge in [-0.15, -0.1) is 11.3 Å². The highest BCUT2D eigenvalue weighted by Crippen LogP contribution is 2.31. The quantitative estimate of drug-likeness (QED) is 0.783. The molecule has 0 saturated heterocycles. The number of hydrogen-bond donors (Lipinski definition) is 1. The topological polar surface area (TPSA) is 61.0 Å². The van der Waals surface area contributed by atoms with E-state index >= 15 is 0 Å². The summed E-state index contributed by atoms with van der Waals surface area (Å²) in [5.41, 5.74) is 7.73. The zero-order valence-corrected chi connectivity index (χ0v) is 12.6. The summed E-state index contributed by atoms with van der Waals surface area (Å²) in [6.07, 6.45) is 2.69. The molecule has 4 nitrogen and oxygen atoms in total. The number of rotatable bonds is 5. The van der Waals surface area contributed by atoms with Gasteiger partial charge in [-0.3, -0.25) is 4.98 Å². The van der Waals surface area contributed by atoms with Gasteiger partial charge in [0.15, 0.2) is 0 Å². The van der Waals surface area contributed by atoms with Gasteiger partial charge in [-0.2, -0.15) is 0 Å². The third-order valence-electron chi connectivity index (χ3n) is 3.23. The summed E-state index contributed by atoms with van der Waals surface area (Å²) in [5, 5.41) is 0.924. The highest BCUT2D eigenvalue weighted by atomic mass is 32.1. The number of hydrogen-bond acceptors (Lipinski definition) is 5. The van der Waals surface area contributed by atoms with Crippen LogP contribution in [0.3, 0.4) is 0 Å². The van der Waals surface area contributed by atoms with Crippen molar-refractivity contribution in [3.8, 4) is 16.5 Å². The molecule has 21 heavy (non-hydrogen) atoms. The molecule has 1 atom stereocenters. The van der Waals surface area contributed by atoms with Crippen molar-refractivity contribution in [3.63, 3.8) is 0 Å². The number of aromatic nitrogens is 2. The first-order valence-electron chi connectivity index (χ1n) is 6.96. The van der Waals surface area contributed by atoms with Crippen LogP contribution in [0, 0.1) is 0 Å². The van der Waals surface area contributed by atoms with Gasteiger partial charge in [0, 0.05) is 12.2 Å². The zero-order valence-electron chi connectivity index (χ0n) is 11.8. The monoisotopic (exact) mass is 299 g/mol. The Morgan fingerprint density at radius 2 is 2.19 bits per heavy atom. The third kappa shape index (κ3) is 3.20. The standard InChI is InChI=1S/C16H17N3OS/c1-2-11(17)10-20-12-6-7-13-15(9-12)21-16(19-13)14-5-3-4-8-18-14/h3-9,11H,2,10,17H2,1H3. The molecular weight excluding hydrogens is 282 g/mol. The maximum absolute atomic E-state index is 5.87. The Labute approximate surface area is 127 Å². The van der Waals surface area contributed by atoms with E-state index in [9.17, 15) is 0 Å². The predicted octanol–water partition coefficient (Wildman–Crippen LogP) is 3.47. The van der Waals surface area contributed by atoms with Crippen molar-refractivity contribution in [2.45, 2.75) is 19.4 Å². The summed E-state index contributed by atoms with van der Waals surface area (Å²) in [4.78, 5) is 8.95. The molecule has 2 N–H and O–H groups in total. The van der Waals surface area contributed by atoms with Gasteiger partial charge in [0.1, 0.15) is 17.4 Å². The molecule has 0 aliphatic carbocycles. The minimum absolute atomic E-state index is 0.0752. The van der Waals surface area contributed by atoms with Gasteiger partial charge in [-0.05, 0) is 36.8 Å². The fourth-order valence-corrected chi connectivity index (χ4v) is 2.89. The van der Waals surface area contributed by atoms with Crippen molar-refractivity contribution in [1.29, 1.82) is 0 Å². The molecular formula is C16H17N3OS. The van der Waals surface area contributed by atoms with E-state index in [2.05, 4.69) is 16.9 Å². The number of nitrogens with two attached hydrogens (primary N) is 1. The van der Waals surface area contributed by atoms with Gasteiger partial charge in [0.05, 0.1) is 15.9 Å². The Kier molecular flexibility index (Phi) is 4.13. The summed E-state index contributed by atoms with van der Waals surface area (Å²) >= 11 is 1.62. The van der Waals surface area contributed by atoms with Gasteiger partial charge in [-0.25, -0.2) is 4.98 Å². The van der Waals surface area contributed by atoms with Crippen molar-refractivity contribution >= 4 is 21.6 Å². The van der Waals surface area contributed by atoms with Crippen LogP contribution in [0.1, 0.15) is 13.3 Å². The molecule has 3 aromatic rings. The lowest BCUT2D eigenvalue weighted by Crippen LogP contribution is -2.26. The number of ether oxygens (including phenoxy) is 1. The first-order valence-corrected chi connectivity index (χ1v) is 7.78. The number of pyridine rings is 1. The van der Waals surface area contributed by atoms with Crippen LogP contribution in [0.4, 0.5) is 0 Å². The van der Waals surface area contributed by atoms with Crippen LogP contribution in [0.15, 0.2) is 42.6 Å². The maximum Gasteiger partial charge on any atom is 0.143 e. The van der Waals surface area contributed by atoms with E-state index in [-0.39, 0.29) is 6.04 Å². The minimum atomic E-state index is 0.0752. The Morgan fingerprint density at radius 3 is 2.95 bits per heavy atom. The first-order chi connectivity index (χ1) is 10.3. The minimum Gasteiger partial charge on any atom is -0.492 e. The largest absolute Gasteiger partial charge is 0.492 e. The number of fused-ring (bicyclic) bond motifs is 1. The molecule has 0 radical (unpaired) electrons. The van der Waals surface area contributed by atoms with Gasteiger partial charge in [0.25, 0.3) is 0 Å². The number of nitrogens with zero attached hydrogens (tertiary/aromatic N) is 2. The molecule has 1 unspecified atom stereocenters. The van der Waals surface area contributed by atoms with Gasteiger partial charge in [-0.1, -0.05) is 13.0 Å². The Balaban J connectivity index is 1.85. The summed E-state index contributed by atoms with van der Waals surface area (Å²) < 4.78 is 6.82. The highest BCUT2D eigenvalue weighted by Gasteiger charge is 2.08. The van der Waals surface area contributed by atoms with E-state index in [0.29, 0.717) is 6.61 Å². The average molecular weight is 299 g/mol. The average Bonchev–Trinajstić information content (AvgIpc) is 2.96. The van der Waals surface area contributed by atoms with Gasteiger partial charge >= 0.3 is 0 Å². The highest BCUT2D eigenvalue weighted by molar-refractivity contribution is 7.21. The van der Waals surface area contributed by atoms with Crippen LogP contribution >= 0.6 is 11.3 Å². The van der Waals surface area contributed by atoms with Crippen molar-refractivity contribution in [2.75, 3.05) is 6.61 Å². The molecule has 0 aliphatic heterocycles. The summed E-state index contributed by atoms with van der Waals surface area (Å²) in [6, 6.07) is 11.8. The van der Waals surface area contributed by atoms with Crippen molar-refractivity contribution < 1.29 is 4.74 Å². The van der Waals surface area contributed by atoms with Crippen LogP contribution in [0.5, 0.6) is 5.75 Å². The lowest BCUT2D eigenvalue weighted by Gasteiger charge is -2.10. The van der Waals surface area contributed by atoms with E-state index in [1.807, 2.05) is 36.4 Å². The van der Waals surface area contributed by atoms with Crippen molar-refractivity contribution in [2.24, 2.45) is 5.73 Å². The molecule has 5 heteroatoms. The first kappa shape index (κ1) is 14.0. The predicted molar refractivity (Wildman–Crippen MR) is 86.6 cm³/mol. The van der Waals surface area contributed by atoms with E-state index in [0.717, 1.165) is 33.1 Å². The SMILES string of the molecule is CCC(N)COc1ccc2nc(-c3ccccn3)sc2c1. The molecule has 2 aromatic heterocycles. The van der Waals surface area contributed by atoms with Gasteiger partial charge < -0.3 is 10.5 Å². The Morgan fingerprint density at radius 1 is 1.29 bits per heavy atom. The molecule has 1 aromatic carbocycles. The molecule has 2 heterocycles. The fourth-order valence-electron chi connectivity index (χ4n) is 1.91. The van der Waals surface area contributed by atoms with Crippen LogP contribution in [-0.4, -0.2) is 22.6 Å². The molecule has 0 amide bonds. The normalized spacial score (nSPS) is 12.5. The molecule has 108 valence electrons. The number of thiazole rings is 1. The van der Waals surface area contributed by atoms with Crippen molar-refractivity contribution in [1.82, 2.24) is 9.97 Å². The van der Waals surface area contributed by atoms with Crippen LogP contribution in [0.2, 0.25) is 0 Å². The van der Waals surface area contributed by atoms with Gasteiger partial charge in [0.2, 0.25) is 0 Å². The summed E-state index contributed by atoms with van der Waals surface area (Å²) in [6.45, 7) is 2.59. The molecule has 0 spiro atoms. The summed E-state index contributed by atoms with van der Waals surface area (Å²) in [5.74, 6) is 0.836. The van der Waals surface area contributed by atoms with E-state index in [4.69, 9.17) is 10.5 Å².